The standard InChI is InChI=1S/C9H13BrN2O2/c1-6(2)12-9(10)7(5-11-12)3-4-8(13)14/h5-6H,3-4H2,1-2H3,(H,13,14). The Bertz CT molecular complexity index is 334. The number of aryl methyl sites for hydroxylation is 1. The molecule has 4 nitrogen and oxygen atoms in total. The number of rotatable bonds is 4. The molecule has 0 aliphatic rings. The van der Waals surface area contributed by atoms with Crippen LogP contribution < -0.4 is 0 Å². The van der Waals surface area contributed by atoms with Gasteiger partial charge in [0, 0.05) is 18.0 Å². The maximum absolute atomic E-state index is 10.4. The van der Waals surface area contributed by atoms with E-state index in [1.165, 1.54) is 0 Å². The Hall–Kier alpha value is -0.840. The maximum Gasteiger partial charge on any atom is 0.303 e. The predicted molar refractivity (Wildman–Crippen MR) is 56.3 cm³/mol. The van der Waals surface area contributed by atoms with E-state index >= 15 is 0 Å². The highest BCUT2D eigenvalue weighted by Crippen LogP contribution is 2.21. The van der Waals surface area contributed by atoms with Gasteiger partial charge in [0.2, 0.25) is 0 Å². The van der Waals surface area contributed by atoms with Crippen molar-refractivity contribution < 1.29 is 9.90 Å². The third kappa shape index (κ3) is 2.57. The van der Waals surface area contributed by atoms with E-state index in [9.17, 15) is 4.79 Å². The number of carboxylic acids is 1. The summed E-state index contributed by atoms with van der Waals surface area (Å²) in [5.74, 6) is -0.783. The molecule has 14 heavy (non-hydrogen) atoms. The summed E-state index contributed by atoms with van der Waals surface area (Å²) in [5, 5.41) is 12.7. The smallest absolute Gasteiger partial charge is 0.303 e. The molecule has 0 saturated carbocycles. The van der Waals surface area contributed by atoms with E-state index in [1.54, 1.807) is 6.20 Å². The van der Waals surface area contributed by atoms with Gasteiger partial charge in [0.25, 0.3) is 0 Å². The Labute approximate surface area is 91.1 Å². The minimum atomic E-state index is -0.783. The topological polar surface area (TPSA) is 55.1 Å². The second-order valence-corrected chi connectivity index (χ2v) is 4.14. The SMILES string of the molecule is CC(C)n1ncc(CCC(=O)O)c1Br. The average molecular weight is 261 g/mol. The van der Waals surface area contributed by atoms with Crippen LogP contribution in [0.5, 0.6) is 0 Å². The molecule has 0 atom stereocenters. The number of hydrogen-bond acceptors (Lipinski definition) is 2. The average Bonchev–Trinajstić information content (AvgIpc) is 2.43. The number of halogens is 1. The summed E-state index contributed by atoms with van der Waals surface area (Å²) in [7, 11) is 0. The highest BCUT2D eigenvalue weighted by atomic mass is 79.9. The third-order valence-electron chi connectivity index (χ3n) is 1.90. The van der Waals surface area contributed by atoms with Crippen molar-refractivity contribution in [2.24, 2.45) is 0 Å². The van der Waals surface area contributed by atoms with E-state index in [-0.39, 0.29) is 12.5 Å². The molecule has 1 aromatic rings. The third-order valence-corrected chi connectivity index (χ3v) is 2.77. The zero-order valence-electron chi connectivity index (χ0n) is 8.20. The molecule has 1 aromatic heterocycles. The summed E-state index contributed by atoms with van der Waals surface area (Å²) in [6.07, 6.45) is 2.37. The van der Waals surface area contributed by atoms with Crippen molar-refractivity contribution in [2.45, 2.75) is 32.7 Å². The number of carbonyl (C=O) groups is 1. The first-order chi connectivity index (χ1) is 6.52. The van der Waals surface area contributed by atoms with Crippen LogP contribution in [0.4, 0.5) is 0 Å². The van der Waals surface area contributed by atoms with Crippen LogP contribution in [0.1, 0.15) is 31.9 Å². The van der Waals surface area contributed by atoms with Gasteiger partial charge in [-0.3, -0.25) is 9.48 Å². The summed E-state index contributed by atoms with van der Waals surface area (Å²) < 4.78 is 2.71. The van der Waals surface area contributed by atoms with Crippen LogP contribution in [-0.4, -0.2) is 20.9 Å². The molecule has 1 rings (SSSR count). The van der Waals surface area contributed by atoms with Gasteiger partial charge < -0.3 is 5.11 Å². The molecule has 1 heterocycles. The fourth-order valence-electron chi connectivity index (χ4n) is 1.15. The molecule has 0 bridgehead atoms. The minimum absolute atomic E-state index is 0.141. The highest BCUT2D eigenvalue weighted by Gasteiger charge is 2.10. The molecular weight excluding hydrogens is 248 g/mol. The summed E-state index contributed by atoms with van der Waals surface area (Å²) >= 11 is 3.41. The number of aromatic nitrogens is 2. The maximum atomic E-state index is 10.4. The lowest BCUT2D eigenvalue weighted by atomic mass is 10.2. The van der Waals surface area contributed by atoms with Gasteiger partial charge >= 0.3 is 5.97 Å². The first-order valence-electron chi connectivity index (χ1n) is 4.46. The number of carboxylic acid groups (broad SMARTS) is 1. The first-order valence-corrected chi connectivity index (χ1v) is 5.25. The summed E-state index contributed by atoms with van der Waals surface area (Å²) in [5.41, 5.74) is 0.945. The predicted octanol–water partition coefficient (Wildman–Crippen LogP) is 2.24. The number of aliphatic carboxylic acids is 1. The van der Waals surface area contributed by atoms with Crippen LogP contribution in [0, 0.1) is 0 Å². The second-order valence-electron chi connectivity index (χ2n) is 3.39. The van der Waals surface area contributed by atoms with Crippen LogP contribution in [0.15, 0.2) is 10.8 Å². The molecule has 0 aromatic carbocycles. The molecule has 0 aliphatic carbocycles. The lowest BCUT2D eigenvalue weighted by molar-refractivity contribution is -0.136. The fraction of sp³-hybridized carbons (Fsp3) is 0.556. The Morgan fingerprint density at radius 2 is 2.36 bits per heavy atom. The van der Waals surface area contributed by atoms with Crippen LogP contribution in [0.2, 0.25) is 0 Å². The molecule has 0 saturated heterocycles. The van der Waals surface area contributed by atoms with Crippen molar-refractivity contribution in [3.63, 3.8) is 0 Å². The highest BCUT2D eigenvalue weighted by molar-refractivity contribution is 9.10. The number of hydrogen-bond donors (Lipinski definition) is 1. The van der Waals surface area contributed by atoms with Crippen molar-refractivity contribution in [1.29, 1.82) is 0 Å². The van der Waals surface area contributed by atoms with Gasteiger partial charge in [-0.2, -0.15) is 5.10 Å². The quantitative estimate of drug-likeness (QED) is 0.904. The zero-order chi connectivity index (χ0) is 10.7. The Balaban J connectivity index is 2.74. The van der Waals surface area contributed by atoms with Crippen LogP contribution in [-0.2, 0) is 11.2 Å². The first kappa shape index (κ1) is 11.2. The van der Waals surface area contributed by atoms with Crippen molar-refractivity contribution in [2.75, 3.05) is 0 Å². The summed E-state index contributed by atoms with van der Waals surface area (Å²) in [6.45, 7) is 4.05. The molecule has 5 heteroatoms. The van der Waals surface area contributed by atoms with Crippen molar-refractivity contribution in [3.05, 3.63) is 16.4 Å². The summed E-state index contributed by atoms with van der Waals surface area (Å²) in [6, 6.07) is 0.281. The Morgan fingerprint density at radius 1 is 1.71 bits per heavy atom. The van der Waals surface area contributed by atoms with Crippen LogP contribution >= 0.6 is 15.9 Å². The zero-order valence-corrected chi connectivity index (χ0v) is 9.78. The van der Waals surface area contributed by atoms with Gasteiger partial charge in [0.15, 0.2) is 0 Å². The van der Waals surface area contributed by atoms with Gasteiger partial charge in [0.1, 0.15) is 4.60 Å². The summed E-state index contributed by atoms with van der Waals surface area (Å²) in [4.78, 5) is 10.4. The largest absolute Gasteiger partial charge is 0.481 e. The van der Waals surface area contributed by atoms with Gasteiger partial charge in [-0.1, -0.05) is 0 Å². The van der Waals surface area contributed by atoms with E-state index in [4.69, 9.17) is 5.11 Å². The molecule has 78 valence electrons. The monoisotopic (exact) mass is 260 g/mol. The van der Waals surface area contributed by atoms with E-state index in [1.807, 2.05) is 18.5 Å². The number of nitrogens with zero attached hydrogens (tertiary/aromatic N) is 2. The van der Waals surface area contributed by atoms with Gasteiger partial charge in [-0.05, 0) is 36.2 Å². The lowest BCUT2D eigenvalue weighted by Crippen LogP contribution is -2.03. The fourth-order valence-corrected chi connectivity index (χ4v) is 1.95. The van der Waals surface area contributed by atoms with E-state index in [2.05, 4.69) is 21.0 Å². The molecule has 0 unspecified atom stereocenters. The van der Waals surface area contributed by atoms with Gasteiger partial charge in [-0.25, -0.2) is 0 Å². The van der Waals surface area contributed by atoms with E-state index in [0.717, 1.165) is 10.2 Å². The van der Waals surface area contributed by atoms with Crippen molar-refractivity contribution in [1.82, 2.24) is 9.78 Å². The molecule has 0 spiro atoms. The van der Waals surface area contributed by atoms with E-state index in [0.29, 0.717) is 6.42 Å². The Kier molecular flexibility index (Phi) is 3.69. The van der Waals surface area contributed by atoms with Crippen molar-refractivity contribution in [3.8, 4) is 0 Å². The van der Waals surface area contributed by atoms with Gasteiger partial charge in [0.05, 0.1) is 6.20 Å². The van der Waals surface area contributed by atoms with Crippen LogP contribution in [0.3, 0.4) is 0 Å². The molecule has 0 aliphatic heterocycles. The van der Waals surface area contributed by atoms with Gasteiger partial charge in [-0.15, -0.1) is 0 Å². The molecule has 0 radical (unpaired) electrons. The molecule has 1 N–H and O–H groups in total. The minimum Gasteiger partial charge on any atom is -0.481 e. The van der Waals surface area contributed by atoms with Crippen molar-refractivity contribution >= 4 is 21.9 Å². The molecule has 0 fully saturated rings. The van der Waals surface area contributed by atoms with Crippen LogP contribution in [0.25, 0.3) is 0 Å². The Morgan fingerprint density at radius 3 is 2.79 bits per heavy atom. The van der Waals surface area contributed by atoms with E-state index < -0.39 is 5.97 Å². The normalized spacial score (nSPS) is 10.9. The second kappa shape index (κ2) is 4.59. The molecule has 0 amide bonds. The molecular formula is C9H13BrN2O2. The lowest BCUT2D eigenvalue weighted by Gasteiger charge is -2.06.